The first-order chi connectivity index (χ1) is 9.24. The first-order valence-electron chi connectivity index (χ1n) is 6.46. The standard InChI is InChI=1S/C17H15NO/c1-2-11-7-3-4-8-12(11)15-13-9-5-6-10-14(13)17(19)16(15)18/h3-10H,2H2,1H3,(H2,18,19). The van der Waals surface area contributed by atoms with Gasteiger partial charge in [-0.25, -0.2) is 0 Å². The van der Waals surface area contributed by atoms with Crippen LogP contribution in [-0.4, -0.2) is 5.78 Å². The molecular formula is C17H15NO. The van der Waals surface area contributed by atoms with Crippen LogP contribution in [0, 0.1) is 0 Å². The number of rotatable bonds is 2. The molecule has 1 aliphatic carbocycles. The van der Waals surface area contributed by atoms with Gasteiger partial charge in [-0.15, -0.1) is 0 Å². The Hall–Kier alpha value is -2.35. The van der Waals surface area contributed by atoms with Crippen LogP contribution in [0.25, 0.3) is 5.57 Å². The summed E-state index contributed by atoms with van der Waals surface area (Å²) in [7, 11) is 0. The number of allylic oxidation sites excluding steroid dienone is 1. The molecule has 94 valence electrons. The van der Waals surface area contributed by atoms with Crippen molar-refractivity contribution in [2.75, 3.05) is 0 Å². The Balaban J connectivity index is 2.28. The van der Waals surface area contributed by atoms with Crippen molar-refractivity contribution in [3.8, 4) is 0 Å². The molecule has 0 saturated carbocycles. The van der Waals surface area contributed by atoms with Gasteiger partial charge in [0.2, 0.25) is 5.78 Å². The molecule has 2 aromatic rings. The second-order valence-electron chi connectivity index (χ2n) is 4.67. The van der Waals surface area contributed by atoms with Crippen molar-refractivity contribution in [1.29, 1.82) is 0 Å². The minimum Gasteiger partial charge on any atom is -0.395 e. The third kappa shape index (κ3) is 1.68. The van der Waals surface area contributed by atoms with Gasteiger partial charge in [0.25, 0.3) is 0 Å². The van der Waals surface area contributed by atoms with Crippen LogP contribution in [0.5, 0.6) is 0 Å². The van der Waals surface area contributed by atoms with Gasteiger partial charge in [-0.2, -0.15) is 0 Å². The summed E-state index contributed by atoms with van der Waals surface area (Å²) in [6, 6.07) is 15.7. The van der Waals surface area contributed by atoms with Crippen LogP contribution < -0.4 is 5.73 Å². The Bertz CT molecular complexity index is 698. The molecule has 0 spiro atoms. The van der Waals surface area contributed by atoms with Gasteiger partial charge in [-0.1, -0.05) is 55.5 Å². The van der Waals surface area contributed by atoms with Gasteiger partial charge in [0.15, 0.2) is 0 Å². The average Bonchev–Trinajstić information content (AvgIpc) is 2.71. The predicted molar refractivity (Wildman–Crippen MR) is 76.8 cm³/mol. The molecule has 0 radical (unpaired) electrons. The number of Topliss-reactive ketones (excluding diaryl/α,β-unsaturated/α-hetero) is 1. The lowest BCUT2D eigenvalue weighted by atomic mass is 9.93. The van der Waals surface area contributed by atoms with Crippen molar-refractivity contribution >= 4 is 11.4 Å². The van der Waals surface area contributed by atoms with E-state index >= 15 is 0 Å². The number of nitrogens with two attached hydrogens (primary N) is 1. The lowest BCUT2D eigenvalue weighted by molar-refractivity contribution is 0.103. The van der Waals surface area contributed by atoms with E-state index in [0.717, 1.165) is 23.1 Å². The molecule has 0 bridgehead atoms. The Morgan fingerprint density at radius 1 is 0.895 bits per heavy atom. The fourth-order valence-corrected chi connectivity index (χ4v) is 2.67. The molecule has 19 heavy (non-hydrogen) atoms. The minimum atomic E-state index is -0.0588. The molecule has 1 aliphatic rings. The van der Waals surface area contributed by atoms with E-state index in [0.29, 0.717) is 11.3 Å². The molecule has 0 heterocycles. The zero-order valence-corrected chi connectivity index (χ0v) is 10.8. The number of carbonyl (C=O) groups excluding carboxylic acids is 1. The molecule has 0 amide bonds. The zero-order chi connectivity index (χ0) is 13.4. The predicted octanol–water partition coefficient (Wildman–Crippen LogP) is 3.16. The van der Waals surface area contributed by atoms with E-state index in [1.54, 1.807) is 0 Å². The van der Waals surface area contributed by atoms with E-state index in [1.165, 1.54) is 5.56 Å². The molecule has 3 rings (SSSR count). The van der Waals surface area contributed by atoms with Crippen molar-refractivity contribution in [2.24, 2.45) is 5.73 Å². The Labute approximate surface area is 112 Å². The Kier molecular flexibility index (Phi) is 2.71. The van der Waals surface area contributed by atoms with Crippen molar-refractivity contribution in [2.45, 2.75) is 13.3 Å². The van der Waals surface area contributed by atoms with Gasteiger partial charge in [0.1, 0.15) is 0 Å². The van der Waals surface area contributed by atoms with Gasteiger partial charge in [-0.3, -0.25) is 4.79 Å². The summed E-state index contributed by atoms with van der Waals surface area (Å²) in [6.45, 7) is 2.11. The average molecular weight is 249 g/mol. The molecule has 0 aromatic heterocycles. The maximum absolute atomic E-state index is 12.2. The van der Waals surface area contributed by atoms with E-state index < -0.39 is 0 Å². The quantitative estimate of drug-likeness (QED) is 0.888. The number of fused-ring (bicyclic) bond motifs is 1. The van der Waals surface area contributed by atoms with E-state index in [4.69, 9.17) is 5.73 Å². The van der Waals surface area contributed by atoms with Crippen LogP contribution in [-0.2, 0) is 6.42 Å². The highest BCUT2D eigenvalue weighted by atomic mass is 16.1. The summed E-state index contributed by atoms with van der Waals surface area (Å²) in [4.78, 5) is 12.2. The summed E-state index contributed by atoms with van der Waals surface area (Å²) in [6.07, 6.45) is 0.920. The maximum atomic E-state index is 12.2. The largest absolute Gasteiger partial charge is 0.395 e. The van der Waals surface area contributed by atoms with Gasteiger partial charge in [0, 0.05) is 11.1 Å². The smallest absolute Gasteiger partial charge is 0.209 e. The molecule has 0 saturated heterocycles. The molecule has 0 fully saturated rings. The second-order valence-corrected chi connectivity index (χ2v) is 4.67. The van der Waals surface area contributed by atoms with E-state index in [9.17, 15) is 4.79 Å². The van der Waals surface area contributed by atoms with Gasteiger partial charge < -0.3 is 5.73 Å². The number of aryl methyl sites for hydroxylation is 1. The highest BCUT2D eigenvalue weighted by Gasteiger charge is 2.28. The lowest BCUT2D eigenvalue weighted by Gasteiger charge is -2.10. The molecule has 0 atom stereocenters. The molecule has 2 N–H and O–H groups in total. The second kappa shape index (κ2) is 4.39. The van der Waals surface area contributed by atoms with Gasteiger partial charge >= 0.3 is 0 Å². The van der Waals surface area contributed by atoms with Crippen LogP contribution in [0.15, 0.2) is 54.2 Å². The molecular weight excluding hydrogens is 234 g/mol. The first-order valence-corrected chi connectivity index (χ1v) is 6.46. The van der Waals surface area contributed by atoms with E-state index in [-0.39, 0.29) is 5.78 Å². The van der Waals surface area contributed by atoms with Gasteiger partial charge in [0.05, 0.1) is 5.70 Å². The van der Waals surface area contributed by atoms with E-state index in [2.05, 4.69) is 13.0 Å². The van der Waals surface area contributed by atoms with Crippen LogP contribution in [0.2, 0.25) is 0 Å². The third-order valence-corrected chi connectivity index (χ3v) is 3.62. The first kappa shape index (κ1) is 11.7. The van der Waals surface area contributed by atoms with Crippen molar-refractivity contribution in [3.63, 3.8) is 0 Å². The van der Waals surface area contributed by atoms with Crippen LogP contribution in [0.4, 0.5) is 0 Å². The summed E-state index contributed by atoms with van der Waals surface area (Å²) in [5.74, 6) is -0.0588. The van der Waals surface area contributed by atoms with E-state index in [1.807, 2.05) is 42.5 Å². The van der Waals surface area contributed by atoms with Crippen LogP contribution in [0.1, 0.15) is 34.0 Å². The number of ketones is 1. The summed E-state index contributed by atoms with van der Waals surface area (Å²) >= 11 is 0. The van der Waals surface area contributed by atoms with Crippen molar-refractivity contribution in [1.82, 2.24) is 0 Å². The highest BCUT2D eigenvalue weighted by Crippen LogP contribution is 2.36. The summed E-state index contributed by atoms with van der Waals surface area (Å²) in [5, 5.41) is 0. The lowest BCUT2D eigenvalue weighted by Crippen LogP contribution is -2.08. The molecule has 2 aromatic carbocycles. The SMILES string of the molecule is CCc1ccccc1C1=C(N)C(=O)c2ccccc21. The summed E-state index contributed by atoms with van der Waals surface area (Å²) in [5.41, 5.74) is 11.3. The third-order valence-electron chi connectivity index (χ3n) is 3.62. The molecule has 0 unspecified atom stereocenters. The molecule has 2 nitrogen and oxygen atoms in total. The van der Waals surface area contributed by atoms with Crippen LogP contribution >= 0.6 is 0 Å². The minimum absolute atomic E-state index is 0.0588. The fraction of sp³-hybridized carbons (Fsp3) is 0.118. The fourth-order valence-electron chi connectivity index (χ4n) is 2.67. The van der Waals surface area contributed by atoms with Gasteiger partial charge in [-0.05, 0) is 23.1 Å². The number of hydrogen-bond acceptors (Lipinski definition) is 2. The van der Waals surface area contributed by atoms with Crippen molar-refractivity contribution in [3.05, 3.63) is 76.5 Å². The topological polar surface area (TPSA) is 43.1 Å². The van der Waals surface area contributed by atoms with Crippen molar-refractivity contribution < 1.29 is 4.79 Å². The Morgan fingerprint density at radius 3 is 2.16 bits per heavy atom. The maximum Gasteiger partial charge on any atom is 0.209 e. The summed E-state index contributed by atoms with van der Waals surface area (Å²) < 4.78 is 0. The monoisotopic (exact) mass is 249 g/mol. The molecule has 2 heteroatoms. The molecule has 0 aliphatic heterocycles. The Morgan fingerprint density at radius 2 is 1.47 bits per heavy atom. The zero-order valence-electron chi connectivity index (χ0n) is 10.8. The normalized spacial score (nSPS) is 13.8. The van der Waals surface area contributed by atoms with Crippen LogP contribution in [0.3, 0.4) is 0 Å². The number of carbonyl (C=O) groups is 1. The number of benzene rings is 2. The number of hydrogen-bond donors (Lipinski definition) is 1. The highest BCUT2D eigenvalue weighted by molar-refractivity contribution is 6.22.